The number of amidine groups is 1. The van der Waals surface area contributed by atoms with Gasteiger partial charge in [0.15, 0.2) is 0 Å². The molecule has 0 aromatic carbocycles. The van der Waals surface area contributed by atoms with E-state index in [-0.39, 0.29) is 6.09 Å². The lowest BCUT2D eigenvalue weighted by atomic mass is 10.2. The molecular formula is C15H24N4O2S. The molecule has 0 aliphatic carbocycles. The van der Waals surface area contributed by atoms with E-state index in [1.807, 2.05) is 27.7 Å². The molecule has 0 bridgehead atoms. The first kappa shape index (κ1) is 16.7. The average Bonchev–Trinajstić information content (AvgIpc) is 2.83. The number of hydrogen-bond acceptors (Lipinski definition) is 6. The monoisotopic (exact) mass is 324 g/mol. The standard InChI is InChI=1S/C15H24N4O2S/c1-11-10-22-13(18-11)5-6-16-12-9-19(8-7-17-12)14(20)21-15(2,3)4/h10H,5-9H2,1-4H3,(H,16,17). The molecule has 6 nitrogen and oxygen atoms in total. The highest BCUT2D eigenvalue weighted by Crippen LogP contribution is 2.11. The van der Waals surface area contributed by atoms with Crippen LogP contribution in [0.4, 0.5) is 4.79 Å². The van der Waals surface area contributed by atoms with E-state index in [0.29, 0.717) is 19.6 Å². The summed E-state index contributed by atoms with van der Waals surface area (Å²) in [6.07, 6.45) is 0.585. The topological polar surface area (TPSA) is 66.8 Å². The van der Waals surface area contributed by atoms with Gasteiger partial charge in [-0.05, 0) is 27.7 Å². The van der Waals surface area contributed by atoms with Crippen LogP contribution in [0.15, 0.2) is 10.4 Å². The van der Waals surface area contributed by atoms with Crippen LogP contribution in [-0.2, 0) is 11.2 Å². The third kappa shape index (κ3) is 5.29. The van der Waals surface area contributed by atoms with Gasteiger partial charge in [-0.2, -0.15) is 0 Å². The van der Waals surface area contributed by atoms with E-state index in [9.17, 15) is 4.79 Å². The molecular weight excluding hydrogens is 300 g/mol. The summed E-state index contributed by atoms with van der Waals surface area (Å²) in [5, 5.41) is 6.46. The van der Waals surface area contributed by atoms with E-state index in [0.717, 1.165) is 29.5 Å². The van der Waals surface area contributed by atoms with Crippen LogP contribution in [0.25, 0.3) is 0 Å². The Balaban J connectivity index is 1.78. The number of aliphatic imine (C=N–C) groups is 1. The number of carbonyl (C=O) groups is 1. The Hall–Kier alpha value is -1.63. The van der Waals surface area contributed by atoms with E-state index in [1.54, 1.807) is 16.2 Å². The molecule has 0 radical (unpaired) electrons. The largest absolute Gasteiger partial charge is 0.444 e. The fraction of sp³-hybridized carbons (Fsp3) is 0.667. The van der Waals surface area contributed by atoms with Gasteiger partial charge in [-0.1, -0.05) is 0 Å². The predicted octanol–water partition coefficient (Wildman–Crippen LogP) is 2.23. The first-order chi connectivity index (χ1) is 10.3. The Morgan fingerprint density at radius 2 is 2.27 bits per heavy atom. The molecule has 0 unspecified atom stereocenters. The Morgan fingerprint density at radius 1 is 1.50 bits per heavy atom. The lowest BCUT2D eigenvalue weighted by molar-refractivity contribution is 0.0276. The van der Waals surface area contributed by atoms with Gasteiger partial charge in [-0.15, -0.1) is 11.3 Å². The summed E-state index contributed by atoms with van der Waals surface area (Å²) in [5.41, 5.74) is 0.591. The first-order valence-corrected chi connectivity index (χ1v) is 8.37. The molecule has 0 fully saturated rings. The van der Waals surface area contributed by atoms with Crippen molar-refractivity contribution in [3.63, 3.8) is 0 Å². The summed E-state index contributed by atoms with van der Waals surface area (Å²) < 4.78 is 5.40. The maximum atomic E-state index is 12.1. The highest BCUT2D eigenvalue weighted by atomic mass is 32.1. The summed E-state index contributed by atoms with van der Waals surface area (Å²) in [7, 11) is 0. The van der Waals surface area contributed by atoms with E-state index in [2.05, 4.69) is 20.7 Å². The van der Waals surface area contributed by atoms with Crippen LogP contribution in [0.3, 0.4) is 0 Å². The number of ether oxygens (including phenoxy) is 1. The van der Waals surface area contributed by atoms with Gasteiger partial charge in [0, 0.05) is 30.6 Å². The maximum absolute atomic E-state index is 12.1. The number of aryl methyl sites for hydroxylation is 1. The van der Waals surface area contributed by atoms with Crippen molar-refractivity contribution in [3.05, 3.63) is 16.1 Å². The number of rotatable bonds is 3. The third-order valence-corrected chi connectivity index (χ3v) is 4.03. The van der Waals surface area contributed by atoms with Gasteiger partial charge in [-0.3, -0.25) is 9.89 Å². The summed E-state index contributed by atoms with van der Waals surface area (Å²) in [5.74, 6) is 0.838. The second-order valence-corrected chi connectivity index (χ2v) is 7.23. The molecule has 0 saturated carbocycles. The Morgan fingerprint density at radius 3 is 2.91 bits per heavy atom. The van der Waals surface area contributed by atoms with Crippen LogP contribution in [0.2, 0.25) is 0 Å². The second-order valence-electron chi connectivity index (χ2n) is 6.29. The van der Waals surface area contributed by atoms with Crippen molar-refractivity contribution in [3.8, 4) is 0 Å². The van der Waals surface area contributed by atoms with Crippen LogP contribution in [-0.4, -0.2) is 53.6 Å². The zero-order chi connectivity index (χ0) is 16.2. The molecule has 1 aliphatic heterocycles. The van der Waals surface area contributed by atoms with Crippen molar-refractivity contribution in [1.29, 1.82) is 0 Å². The molecule has 1 amide bonds. The first-order valence-electron chi connectivity index (χ1n) is 7.49. The molecule has 1 aromatic rings. The van der Waals surface area contributed by atoms with Crippen LogP contribution in [0, 0.1) is 6.92 Å². The highest BCUT2D eigenvalue weighted by Gasteiger charge is 2.24. The Labute approximate surface area is 135 Å². The summed E-state index contributed by atoms with van der Waals surface area (Å²) in [6, 6.07) is 0. The number of thiazole rings is 1. The number of aromatic nitrogens is 1. The number of amides is 1. The predicted molar refractivity (Wildman–Crippen MR) is 88.7 cm³/mol. The van der Waals surface area contributed by atoms with Crippen LogP contribution in [0.1, 0.15) is 31.5 Å². The Bertz CT molecular complexity index is 548. The van der Waals surface area contributed by atoms with Crippen molar-refractivity contribution < 1.29 is 9.53 Å². The molecule has 1 aliphatic rings. The third-order valence-electron chi connectivity index (χ3n) is 3.00. The van der Waals surface area contributed by atoms with Crippen molar-refractivity contribution in [2.24, 2.45) is 4.99 Å². The second kappa shape index (κ2) is 7.09. The summed E-state index contributed by atoms with van der Waals surface area (Å²) in [6.45, 7) is 10.1. The van der Waals surface area contributed by atoms with Gasteiger partial charge in [0.2, 0.25) is 0 Å². The van der Waals surface area contributed by atoms with Crippen molar-refractivity contribution in [2.45, 2.75) is 39.7 Å². The van der Waals surface area contributed by atoms with Gasteiger partial charge in [-0.25, -0.2) is 9.78 Å². The van der Waals surface area contributed by atoms with Crippen LogP contribution < -0.4 is 5.32 Å². The van der Waals surface area contributed by atoms with Gasteiger partial charge in [0.1, 0.15) is 11.4 Å². The Kier molecular flexibility index (Phi) is 5.39. The molecule has 2 rings (SSSR count). The minimum Gasteiger partial charge on any atom is -0.444 e. The smallest absolute Gasteiger partial charge is 0.410 e. The number of hydrogen-bond donors (Lipinski definition) is 1. The van der Waals surface area contributed by atoms with Crippen molar-refractivity contribution in [1.82, 2.24) is 15.2 Å². The number of nitrogens with one attached hydrogen (secondary N) is 1. The number of carbonyl (C=O) groups excluding carboxylic acids is 1. The van der Waals surface area contributed by atoms with Crippen LogP contribution >= 0.6 is 11.3 Å². The zero-order valence-electron chi connectivity index (χ0n) is 13.7. The van der Waals surface area contributed by atoms with E-state index >= 15 is 0 Å². The molecule has 1 N–H and O–H groups in total. The molecule has 22 heavy (non-hydrogen) atoms. The molecule has 2 heterocycles. The number of nitrogens with zero attached hydrogens (tertiary/aromatic N) is 3. The molecule has 0 spiro atoms. The molecule has 0 atom stereocenters. The van der Waals surface area contributed by atoms with Gasteiger partial charge in [0.25, 0.3) is 0 Å². The van der Waals surface area contributed by atoms with Crippen LogP contribution in [0.5, 0.6) is 0 Å². The fourth-order valence-electron chi connectivity index (χ4n) is 2.04. The summed E-state index contributed by atoms with van der Waals surface area (Å²) >= 11 is 1.67. The molecule has 122 valence electrons. The zero-order valence-corrected chi connectivity index (χ0v) is 14.5. The normalized spacial score (nSPS) is 15.5. The minimum atomic E-state index is -0.470. The molecule has 7 heteroatoms. The minimum absolute atomic E-state index is 0.280. The highest BCUT2D eigenvalue weighted by molar-refractivity contribution is 7.09. The van der Waals surface area contributed by atoms with E-state index < -0.39 is 5.60 Å². The molecule has 1 aromatic heterocycles. The SMILES string of the molecule is Cc1csc(CCNC2=NCCN(C(=O)OC(C)(C)C)C2)n1. The quantitative estimate of drug-likeness (QED) is 0.926. The fourth-order valence-corrected chi connectivity index (χ4v) is 2.82. The lowest BCUT2D eigenvalue weighted by Crippen LogP contribution is -2.47. The van der Waals surface area contributed by atoms with Gasteiger partial charge < -0.3 is 10.1 Å². The van der Waals surface area contributed by atoms with E-state index in [4.69, 9.17) is 4.74 Å². The van der Waals surface area contributed by atoms with Gasteiger partial charge >= 0.3 is 6.09 Å². The molecule has 0 saturated heterocycles. The van der Waals surface area contributed by atoms with Gasteiger partial charge in [0.05, 0.1) is 18.1 Å². The van der Waals surface area contributed by atoms with Crippen molar-refractivity contribution >= 4 is 23.3 Å². The van der Waals surface area contributed by atoms with E-state index in [1.165, 1.54) is 0 Å². The average molecular weight is 324 g/mol. The van der Waals surface area contributed by atoms with Crippen molar-refractivity contribution in [2.75, 3.05) is 26.2 Å². The maximum Gasteiger partial charge on any atom is 0.410 e. The lowest BCUT2D eigenvalue weighted by Gasteiger charge is -2.29. The summed E-state index contributed by atoms with van der Waals surface area (Å²) in [4.78, 5) is 22.6.